The van der Waals surface area contributed by atoms with Crippen LogP contribution in [0.15, 0.2) is 36.4 Å². The molecule has 148 valence electrons. The third-order valence-corrected chi connectivity index (χ3v) is 4.82. The molecular formula is C21H25N3O4. The average Bonchev–Trinajstić information content (AvgIpc) is 2.74. The quantitative estimate of drug-likeness (QED) is 0.774. The van der Waals surface area contributed by atoms with Gasteiger partial charge >= 0.3 is 0 Å². The van der Waals surface area contributed by atoms with Gasteiger partial charge in [-0.25, -0.2) is 0 Å². The third-order valence-electron chi connectivity index (χ3n) is 4.82. The highest BCUT2D eigenvalue weighted by Crippen LogP contribution is 2.34. The van der Waals surface area contributed by atoms with Gasteiger partial charge in [-0.1, -0.05) is 0 Å². The summed E-state index contributed by atoms with van der Waals surface area (Å²) >= 11 is 0. The molecule has 0 spiro atoms. The largest absolute Gasteiger partial charge is 0.493 e. The zero-order chi connectivity index (χ0) is 20.1. The van der Waals surface area contributed by atoms with E-state index in [4.69, 9.17) is 15.2 Å². The van der Waals surface area contributed by atoms with E-state index in [0.29, 0.717) is 47.1 Å². The van der Waals surface area contributed by atoms with Crippen LogP contribution in [0.2, 0.25) is 0 Å². The molecular weight excluding hydrogens is 358 g/mol. The van der Waals surface area contributed by atoms with Crippen molar-refractivity contribution in [3.8, 4) is 11.5 Å². The Labute approximate surface area is 164 Å². The van der Waals surface area contributed by atoms with Gasteiger partial charge in [-0.2, -0.15) is 0 Å². The van der Waals surface area contributed by atoms with Crippen LogP contribution >= 0.6 is 0 Å². The Kier molecular flexibility index (Phi) is 6.03. The van der Waals surface area contributed by atoms with E-state index in [9.17, 15) is 9.59 Å². The first-order chi connectivity index (χ1) is 13.5. The number of carbonyl (C=O) groups excluding carboxylic acids is 2. The second-order valence-electron chi connectivity index (χ2n) is 6.68. The molecule has 7 heteroatoms. The van der Waals surface area contributed by atoms with Gasteiger partial charge in [0.05, 0.1) is 25.5 Å². The van der Waals surface area contributed by atoms with Crippen molar-refractivity contribution in [1.29, 1.82) is 0 Å². The molecule has 3 N–H and O–H groups in total. The number of anilines is 2. The number of carbonyl (C=O) groups is 2. The summed E-state index contributed by atoms with van der Waals surface area (Å²) in [6.45, 7) is 1.41. The first kappa shape index (κ1) is 19.5. The average molecular weight is 383 g/mol. The van der Waals surface area contributed by atoms with Gasteiger partial charge in [-0.05, 0) is 49.6 Å². The molecule has 1 aliphatic rings. The summed E-state index contributed by atoms with van der Waals surface area (Å²) in [5, 5.41) is 2.83. The number of nitrogen functional groups attached to an aromatic ring is 1. The molecule has 2 amide bonds. The van der Waals surface area contributed by atoms with Crippen molar-refractivity contribution in [2.75, 3.05) is 38.4 Å². The maximum Gasteiger partial charge on any atom is 0.256 e. The lowest BCUT2D eigenvalue weighted by Crippen LogP contribution is -2.36. The van der Waals surface area contributed by atoms with E-state index in [1.54, 1.807) is 36.4 Å². The fourth-order valence-electron chi connectivity index (χ4n) is 3.26. The van der Waals surface area contributed by atoms with Crippen LogP contribution in [0.5, 0.6) is 11.5 Å². The molecule has 0 aromatic heterocycles. The topological polar surface area (TPSA) is 93.9 Å². The van der Waals surface area contributed by atoms with E-state index in [0.717, 1.165) is 19.3 Å². The predicted molar refractivity (Wildman–Crippen MR) is 108 cm³/mol. The fourth-order valence-corrected chi connectivity index (χ4v) is 3.26. The van der Waals surface area contributed by atoms with E-state index >= 15 is 0 Å². The molecule has 0 atom stereocenters. The van der Waals surface area contributed by atoms with Gasteiger partial charge in [0.25, 0.3) is 11.8 Å². The Morgan fingerprint density at radius 2 is 1.57 bits per heavy atom. The summed E-state index contributed by atoms with van der Waals surface area (Å²) in [5.41, 5.74) is 7.46. The molecule has 1 fully saturated rings. The minimum Gasteiger partial charge on any atom is -0.493 e. The first-order valence-corrected chi connectivity index (χ1v) is 9.25. The summed E-state index contributed by atoms with van der Waals surface area (Å²) in [6.07, 6.45) is 3.08. The molecule has 0 bridgehead atoms. The second kappa shape index (κ2) is 8.65. The summed E-state index contributed by atoms with van der Waals surface area (Å²) in [5.74, 6) is 0.409. The Balaban J connectivity index is 1.96. The van der Waals surface area contributed by atoms with Gasteiger partial charge in [0.15, 0.2) is 11.5 Å². The summed E-state index contributed by atoms with van der Waals surface area (Å²) < 4.78 is 10.7. The lowest BCUT2D eigenvalue weighted by atomic mass is 10.1. The molecule has 2 aromatic rings. The Hall–Kier alpha value is -3.22. The van der Waals surface area contributed by atoms with Crippen LogP contribution in [-0.4, -0.2) is 44.0 Å². The Morgan fingerprint density at radius 1 is 0.964 bits per heavy atom. The highest BCUT2D eigenvalue weighted by atomic mass is 16.5. The highest BCUT2D eigenvalue weighted by molar-refractivity contribution is 6.09. The minimum atomic E-state index is -0.333. The summed E-state index contributed by atoms with van der Waals surface area (Å²) in [4.78, 5) is 27.6. The fraction of sp³-hybridized carbons (Fsp3) is 0.333. The second-order valence-corrected chi connectivity index (χ2v) is 6.68. The van der Waals surface area contributed by atoms with Crippen LogP contribution in [0.3, 0.4) is 0 Å². The van der Waals surface area contributed by atoms with Crippen molar-refractivity contribution in [2.45, 2.75) is 19.3 Å². The van der Waals surface area contributed by atoms with Crippen LogP contribution in [0, 0.1) is 0 Å². The molecule has 1 saturated heterocycles. The van der Waals surface area contributed by atoms with Crippen molar-refractivity contribution in [3.05, 3.63) is 47.5 Å². The summed E-state index contributed by atoms with van der Waals surface area (Å²) in [6, 6.07) is 9.82. The van der Waals surface area contributed by atoms with E-state index in [2.05, 4.69) is 5.32 Å². The van der Waals surface area contributed by atoms with Crippen molar-refractivity contribution in [1.82, 2.24) is 4.90 Å². The standard InChI is InChI=1S/C21H25N3O4/c1-27-18-12-16(21(26)24-10-4-3-5-11-24)17(13-19(18)28-2)23-20(25)14-6-8-15(22)9-7-14/h6-9,12-13H,3-5,10-11,22H2,1-2H3,(H,23,25). The smallest absolute Gasteiger partial charge is 0.256 e. The maximum atomic E-state index is 13.1. The lowest BCUT2D eigenvalue weighted by Gasteiger charge is -2.28. The molecule has 2 aromatic carbocycles. The highest BCUT2D eigenvalue weighted by Gasteiger charge is 2.24. The number of nitrogens with zero attached hydrogens (tertiary/aromatic N) is 1. The van der Waals surface area contributed by atoms with Crippen LogP contribution in [-0.2, 0) is 0 Å². The third kappa shape index (κ3) is 4.19. The van der Waals surface area contributed by atoms with Crippen molar-refractivity contribution in [3.63, 3.8) is 0 Å². The Bertz CT molecular complexity index is 859. The van der Waals surface area contributed by atoms with Gasteiger partial charge < -0.3 is 25.4 Å². The van der Waals surface area contributed by atoms with E-state index in [1.165, 1.54) is 14.2 Å². The van der Waals surface area contributed by atoms with Gasteiger partial charge in [-0.15, -0.1) is 0 Å². The molecule has 3 rings (SSSR count). The van der Waals surface area contributed by atoms with E-state index in [1.807, 2.05) is 4.90 Å². The van der Waals surface area contributed by atoms with Gasteiger partial charge in [0.1, 0.15) is 0 Å². The zero-order valence-corrected chi connectivity index (χ0v) is 16.2. The molecule has 7 nitrogen and oxygen atoms in total. The number of likely N-dealkylation sites (tertiary alicyclic amines) is 1. The van der Waals surface area contributed by atoms with Crippen LogP contribution < -0.4 is 20.5 Å². The number of amides is 2. The van der Waals surface area contributed by atoms with Gasteiger partial charge in [-0.3, -0.25) is 9.59 Å². The molecule has 28 heavy (non-hydrogen) atoms. The number of methoxy groups -OCH3 is 2. The number of rotatable bonds is 5. The van der Waals surface area contributed by atoms with Crippen LogP contribution in [0.4, 0.5) is 11.4 Å². The molecule has 0 radical (unpaired) electrons. The number of hydrogen-bond donors (Lipinski definition) is 2. The monoisotopic (exact) mass is 383 g/mol. The number of ether oxygens (including phenoxy) is 2. The van der Waals surface area contributed by atoms with E-state index < -0.39 is 0 Å². The molecule has 0 saturated carbocycles. The predicted octanol–water partition coefficient (Wildman–Crippen LogP) is 3.16. The van der Waals surface area contributed by atoms with Crippen LogP contribution in [0.25, 0.3) is 0 Å². The SMILES string of the molecule is COc1cc(NC(=O)c2ccc(N)cc2)c(C(=O)N2CCCCC2)cc1OC. The number of nitrogens with one attached hydrogen (secondary N) is 1. The zero-order valence-electron chi connectivity index (χ0n) is 16.2. The van der Waals surface area contributed by atoms with Crippen molar-refractivity contribution < 1.29 is 19.1 Å². The number of hydrogen-bond acceptors (Lipinski definition) is 5. The van der Waals surface area contributed by atoms with E-state index in [-0.39, 0.29) is 11.8 Å². The van der Waals surface area contributed by atoms with Gasteiger partial charge in [0.2, 0.25) is 0 Å². The number of piperidine rings is 1. The van der Waals surface area contributed by atoms with Crippen molar-refractivity contribution >= 4 is 23.2 Å². The van der Waals surface area contributed by atoms with Crippen molar-refractivity contribution in [2.24, 2.45) is 0 Å². The van der Waals surface area contributed by atoms with Gasteiger partial charge in [0, 0.05) is 30.4 Å². The first-order valence-electron chi connectivity index (χ1n) is 9.25. The normalized spacial score (nSPS) is 13.7. The summed E-state index contributed by atoms with van der Waals surface area (Å²) in [7, 11) is 3.02. The molecule has 1 aliphatic heterocycles. The minimum absolute atomic E-state index is 0.131. The number of benzene rings is 2. The molecule has 0 unspecified atom stereocenters. The molecule has 1 heterocycles. The Morgan fingerprint density at radius 3 is 2.18 bits per heavy atom. The van der Waals surface area contributed by atoms with Crippen LogP contribution in [0.1, 0.15) is 40.0 Å². The lowest BCUT2D eigenvalue weighted by molar-refractivity contribution is 0.0725. The molecule has 0 aliphatic carbocycles. The number of nitrogens with two attached hydrogens (primary N) is 1. The maximum absolute atomic E-state index is 13.1.